The number of benzene rings is 2. The molecular weight excluding hydrogens is 375 g/mol. The van der Waals surface area contributed by atoms with Crippen molar-refractivity contribution >= 4 is 34.1 Å². The second-order valence-corrected chi connectivity index (χ2v) is 7.30. The molecule has 1 aliphatic heterocycles. The standard InChI is InChI=1S/C18H13FN2O3S2/c19-12-2-4-13(5-3-12)25-9-17(22)21-18-20-14(8-26-18)11-1-6-15-16(7-11)24-10-23-15/h1-8H,9-10H2,(H,20,21,22). The van der Waals surface area contributed by atoms with E-state index in [2.05, 4.69) is 10.3 Å². The average molecular weight is 388 g/mol. The molecule has 1 N–H and O–H groups in total. The van der Waals surface area contributed by atoms with Crippen molar-refractivity contribution in [2.45, 2.75) is 4.90 Å². The number of rotatable bonds is 5. The number of halogens is 1. The van der Waals surface area contributed by atoms with E-state index in [9.17, 15) is 9.18 Å². The molecule has 0 saturated heterocycles. The van der Waals surface area contributed by atoms with E-state index in [0.29, 0.717) is 10.9 Å². The largest absolute Gasteiger partial charge is 0.454 e. The quantitative estimate of drug-likeness (QED) is 0.656. The van der Waals surface area contributed by atoms with Gasteiger partial charge in [0.2, 0.25) is 12.7 Å². The maximum absolute atomic E-state index is 12.9. The molecule has 0 bridgehead atoms. The van der Waals surface area contributed by atoms with Gasteiger partial charge < -0.3 is 14.8 Å². The van der Waals surface area contributed by atoms with Gasteiger partial charge in [0.25, 0.3) is 0 Å². The molecule has 0 aliphatic carbocycles. The van der Waals surface area contributed by atoms with Crippen molar-refractivity contribution in [1.82, 2.24) is 4.98 Å². The van der Waals surface area contributed by atoms with Crippen molar-refractivity contribution < 1.29 is 18.7 Å². The third-order valence-corrected chi connectivity index (χ3v) is 5.37. The number of nitrogens with one attached hydrogen (secondary N) is 1. The first-order chi connectivity index (χ1) is 12.7. The Morgan fingerprint density at radius 3 is 2.85 bits per heavy atom. The Labute approximate surface area is 157 Å². The SMILES string of the molecule is O=C(CSc1ccc(F)cc1)Nc1nc(-c2ccc3c(c2)OCO3)cs1. The van der Waals surface area contributed by atoms with Crippen molar-refractivity contribution in [2.24, 2.45) is 0 Å². The predicted molar refractivity (Wildman–Crippen MR) is 99.4 cm³/mol. The number of carbonyl (C=O) groups excluding carboxylic acids is 1. The van der Waals surface area contributed by atoms with Crippen LogP contribution in [0.2, 0.25) is 0 Å². The maximum atomic E-state index is 12.9. The minimum atomic E-state index is -0.294. The molecule has 0 saturated carbocycles. The molecule has 0 unspecified atom stereocenters. The van der Waals surface area contributed by atoms with Gasteiger partial charge in [-0.3, -0.25) is 4.79 Å². The topological polar surface area (TPSA) is 60.5 Å². The Bertz CT molecular complexity index is 944. The summed E-state index contributed by atoms with van der Waals surface area (Å²) in [6, 6.07) is 11.7. The molecule has 1 aromatic heterocycles. The van der Waals surface area contributed by atoms with E-state index in [-0.39, 0.29) is 24.3 Å². The van der Waals surface area contributed by atoms with Crippen LogP contribution in [0.4, 0.5) is 9.52 Å². The van der Waals surface area contributed by atoms with Gasteiger partial charge in [-0.2, -0.15) is 0 Å². The van der Waals surface area contributed by atoms with Crippen molar-refractivity contribution in [2.75, 3.05) is 17.9 Å². The Kier molecular flexibility index (Phi) is 4.77. The third-order valence-electron chi connectivity index (χ3n) is 3.60. The van der Waals surface area contributed by atoms with E-state index in [4.69, 9.17) is 9.47 Å². The van der Waals surface area contributed by atoms with Crippen molar-refractivity contribution in [3.63, 3.8) is 0 Å². The predicted octanol–water partition coefficient (Wildman–Crippen LogP) is 4.41. The first kappa shape index (κ1) is 16.9. The Morgan fingerprint density at radius 2 is 2.00 bits per heavy atom. The number of nitrogens with zero attached hydrogens (tertiary/aromatic N) is 1. The number of amides is 1. The number of ether oxygens (including phenoxy) is 2. The second kappa shape index (κ2) is 7.35. The van der Waals surface area contributed by atoms with Crippen LogP contribution < -0.4 is 14.8 Å². The molecule has 8 heteroatoms. The fraction of sp³-hybridized carbons (Fsp3) is 0.111. The Hall–Kier alpha value is -2.58. The van der Waals surface area contributed by atoms with Crippen LogP contribution in [0.5, 0.6) is 11.5 Å². The molecule has 3 aromatic rings. The number of hydrogen-bond donors (Lipinski definition) is 1. The van der Waals surface area contributed by atoms with Gasteiger partial charge in [-0.05, 0) is 42.5 Å². The summed E-state index contributed by atoms with van der Waals surface area (Å²) >= 11 is 2.70. The highest BCUT2D eigenvalue weighted by Gasteiger charge is 2.15. The number of carbonyl (C=O) groups is 1. The van der Waals surface area contributed by atoms with Crippen LogP contribution in [0.1, 0.15) is 0 Å². The number of thioether (sulfide) groups is 1. The van der Waals surface area contributed by atoms with Crippen molar-refractivity contribution in [3.05, 3.63) is 53.7 Å². The number of anilines is 1. The summed E-state index contributed by atoms with van der Waals surface area (Å²) in [5.74, 6) is 1.18. The van der Waals surface area contributed by atoms with Crippen LogP contribution >= 0.6 is 23.1 Å². The minimum absolute atomic E-state index is 0.161. The Balaban J connectivity index is 1.37. The van der Waals surface area contributed by atoms with Crippen LogP contribution in [-0.4, -0.2) is 23.4 Å². The third kappa shape index (κ3) is 3.81. The zero-order valence-corrected chi connectivity index (χ0v) is 15.0. The first-order valence-corrected chi connectivity index (χ1v) is 9.58. The number of fused-ring (bicyclic) bond motifs is 1. The van der Waals surface area contributed by atoms with Gasteiger partial charge in [0, 0.05) is 15.8 Å². The van der Waals surface area contributed by atoms with Gasteiger partial charge in [0.05, 0.1) is 11.4 Å². The van der Waals surface area contributed by atoms with E-state index in [1.165, 1.54) is 35.2 Å². The average Bonchev–Trinajstić information content (AvgIpc) is 3.29. The summed E-state index contributed by atoms with van der Waals surface area (Å²) in [4.78, 5) is 17.4. The molecule has 5 nitrogen and oxygen atoms in total. The molecule has 132 valence electrons. The molecular formula is C18H13FN2O3S2. The van der Waals surface area contributed by atoms with Crippen LogP contribution in [0.15, 0.2) is 52.7 Å². The lowest BCUT2D eigenvalue weighted by atomic mass is 10.1. The molecule has 26 heavy (non-hydrogen) atoms. The molecule has 0 spiro atoms. The van der Waals surface area contributed by atoms with Gasteiger partial charge in [-0.1, -0.05) is 0 Å². The molecule has 2 aromatic carbocycles. The molecule has 4 rings (SSSR count). The van der Waals surface area contributed by atoms with E-state index >= 15 is 0 Å². The lowest BCUT2D eigenvalue weighted by Crippen LogP contribution is -2.13. The first-order valence-electron chi connectivity index (χ1n) is 7.71. The van der Waals surface area contributed by atoms with Crippen LogP contribution in [0.3, 0.4) is 0 Å². The van der Waals surface area contributed by atoms with Crippen LogP contribution in [0, 0.1) is 5.82 Å². The van der Waals surface area contributed by atoms with Crippen LogP contribution in [0.25, 0.3) is 11.3 Å². The fourth-order valence-corrected chi connectivity index (χ4v) is 3.79. The van der Waals surface area contributed by atoms with Crippen molar-refractivity contribution in [3.8, 4) is 22.8 Å². The summed E-state index contributed by atoms with van der Waals surface area (Å²) in [7, 11) is 0. The molecule has 0 radical (unpaired) electrons. The molecule has 1 amide bonds. The van der Waals surface area contributed by atoms with Crippen molar-refractivity contribution in [1.29, 1.82) is 0 Å². The van der Waals surface area contributed by atoms with E-state index < -0.39 is 0 Å². The smallest absolute Gasteiger partial charge is 0.236 e. The molecule has 0 fully saturated rings. The summed E-state index contributed by atoms with van der Waals surface area (Å²) in [5, 5.41) is 5.19. The highest BCUT2D eigenvalue weighted by molar-refractivity contribution is 8.00. The van der Waals surface area contributed by atoms with E-state index in [0.717, 1.165) is 21.9 Å². The molecule has 0 atom stereocenters. The summed E-state index contributed by atoms with van der Waals surface area (Å²) < 4.78 is 23.5. The number of hydrogen-bond acceptors (Lipinski definition) is 6. The summed E-state index contributed by atoms with van der Waals surface area (Å²) in [6.45, 7) is 0.225. The molecule has 2 heterocycles. The summed E-state index contributed by atoms with van der Waals surface area (Å²) in [6.07, 6.45) is 0. The Morgan fingerprint density at radius 1 is 1.19 bits per heavy atom. The highest BCUT2D eigenvalue weighted by Crippen LogP contribution is 2.36. The monoisotopic (exact) mass is 388 g/mol. The zero-order chi connectivity index (χ0) is 17.9. The van der Waals surface area contributed by atoms with Gasteiger partial charge in [-0.25, -0.2) is 9.37 Å². The normalized spacial score (nSPS) is 12.2. The molecule has 1 aliphatic rings. The number of thiazole rings is 1. The van der Waals surface area contributed by atoms with E-state index in [1.54, 1.807) is 12.1 Å². The van der Waals surface area contributed by atoms with Gasteiger partial charge in [0.1, 0.15) is 5.82 Å². The number of aromatic nitrogens is 1. The van der Waals surface area contributed by atoms with E-state index in [1.807, 2.05) is 23.6 Å². The lowest BCUT2D eigenvalue weighted by molar-refractivity contribution is -0.113. The minimum Gasteiger partial charge on any atom is -0.454 e. The van der Waals surface area contributed by atoms with Crippen LogP contribution in [-0.2, 0) is 4.79 Å². The zero-order valence-electron chi connectivity index (χ0n) is 13.4. The lowest BCUT2D eigenvalue weighted by Gasteiger charge is -2.02. The fourth-order valence-electron chi connectivity index (χ4n) is 2.35. The van der Waals surface area contributed by atoms with Gasteiger partial charge in [-0.15, -0.1) is 23.1 Å². The van der Waals surface area contributed by atoms with Gasteiger partial charge >= 0.3 is 0 Å². The summed E-state index contributed by atoms with van der Waals surface area (Å²) in [5.41, 5.74) is 1.65. The second-order valence-electron chi connectivity index (χ2n) is 5.40. The maximum Gasteiger partial charge on any atom is 0.236 e. The highest BCUT2D eigenvalue weighted by atomic mass is 32.2. The van der Waals surface area contributed by atoms with Gasteiger partial charge in [0.15, 0.2) is 16.6 Å².